The zero-order valence-corrected chi connectivity index (χ0v) is 20.8. The molecule has 4 aromatic rings. The average molecular weight is 514 g/mol. The van der Waals surface area contributed by atoms with Crippen molar-refractivity contribution in [3.8, 4) is 11.6 Å². The lowest BCUT2D eigenvalue weighted by molar-refractivity contribution is -0.144. The van der Waals surface area contributed by atoms with E-state index < -0.39 is 11.9 Å². The molecule has 0 radical (unpaired) electrons. The number of carbonyl (C=O) groups is 3. The molecule has 194 valence electrons. The van der Waals surface area contributed by atoms with Gasteiger partial charge in [0, 0.05) is 42.9 Å². The van der Waals surface area contributed by atoms with E-state index in [1.54, 1.807) is 48.5 Å². The maximum absolute atomic E-state index is 12.9. The van der Waals surface area contributed by atoms with Gasteiger partial charge in [0.05, 0.1) is 17.5 Å². The number of rotatable bonds is 8. The summed E-state index contributed by atoms with van der Waals surface area (Å²) in [5, 5.41) is 8.97. The monoisotopic (exact) mass is 513 g/mol. The third kappa shape index (κ3) is 5.39. The molecule has 0 spiro atoms. The normalized spacial score (nSPS) is 14.8. The fourth-order valence-electron chi connectivity index (χ4n) is 4.71. The van der Waals surface area contributed by atoms with Gasteiger partial charge in [-0.2, -0.15) is 0 Å². The highest BCUT2D eigenvalue weighted by molar-refractivity contribution is 6.08. The number of benzene rings is 2. The summed E-state index contributed by atoms with van der Waals surface area (Å²) < 4.78 is 6.05. The number of likely N-dealkylation sites (tertiary alicyclic amines) is 1. The van der Waals surface area contributed by atoms with Crippen molar-refractivity contribution in [2.75, 3.05) is 13.1 Å². The van der Waals surface area contributed by atoms with Crippen LogP contribution in [0.15, 0.2) is 60.9 Å². The third-order valence-corrected chi connectivity index (χ3v) is 6.72. The average Bonchev–Trinajstić information content (AvgIpc) is 3.37. The molecule has 1 fully saturated rings. The van der Waals surface area contributed by atoms with Crippen LogP contribution in [-0.2, 0) is 9.59 Å². The molecule has 2 N–H and O–H groups in total. The van der Waals surface area contributed by atoms with Gasteiger partial charge < -0.3 is 19.7 Å². The van der Waals surface area contributed by atoms with E-state index in [9.17, 15) is 14.4 Å². The SMILES string of the molecule is CC(CC(=O)O)C(=O)N1CCC(c2nccnc2Oc2ccc(C(=O)c3nc4ccccc4[nH]3)cc2)CC1. The Balaban J connectivity index is 1.24. The van der Waals surface area contributed by atoms with Crippen LogP contribution in [0.25, 0.3) is 11.0 Å². The van der Waals surface area contributed by atoms with Crippen LogP contribution < -0.4 is 4.74 Å². The van der Waals surface area contributed by atoms with Crippen molar-refractivity contribution in [3.63, 3.8) is 0 Å². The van der Waals surface area contributed by atoms with Crippen LogP contribution in [0, 0.1) is 5.92 Å². The number of piperidine rings is 1. The fourth-order valence-corrected chi connectivity index (χ4v) is 4.71. The van der Waals surface area contributed by atoms with Crippen LogP contribution in [0.5, 0.6) is 11.6 Å². The number of carboxylic acids is 1. The van der Waals surface area contributed by atoms with Gasteiger partial charge in [0.2, 0.25) is 17.6 Å². The number of para-hydroxylation sites is 2. The number of nitrogens with one attached hydrogen (secondary N) is 1. The number of H-pyrrole nitrogens is 1. The quantitative estimate of drug-likeness (QED) is 0.335. The molecule has 1 atom stereocenters. The molecule has 1 amide bonds. The molecule has 2 aromatic heterocycles. The molecule has 2 aromatic carbocycles. The lowest BCUT2D eigenvalue weighted by Gasteiger charge is -2.33. The van der Waals surface area contributed by atoms with E-state index in [2.05, 4.69) is 19.9 Å². The van der Waals surface area contributed by atoms with Crippen molar-refractivity contribution in [2.24, 2.45) is 5.92 Å². The van der Waals surface area contributed by atoms with Crippen molar-refractivity contribution >= 4 is 28.7 Å². The standard InChI is InChI=1S/C28H27N5O5/c1-17(16-23(34)35)28(37)33-14-10-18(11-15-33)24-27(30-13-12-29-24)38-20-8-6-19(7-9-20)25(36)26-31-21-4-2-3-5-22(21)32-26/h2-9,12-13,17-18H,10-11,14-16H2,1H3,(H,31,32)(H,34,35). The van der Waals surface area contributed by atoms with Crippen LogP contribution in [0.1, 0.15) is 54.0 Å². The molecule has 3 heterocycles. The van der Waals surface area contributed by atoms with E-state index in [0.29, 0.717) is 48.8 Å². The lowest BCUT2D eigenvalue weighted by atomic mass is 9.92. The van der Waals surface area contributed by atoms with E-state index in [0.717, 1.165) is 11.0 Å². The number of nitrogens with zero attached hydrogens (tertiary/aromatic N) is 4. The Morgan fingerprint density at radius 1 is 1.05 bits per heavy atom. The number of hydrogen-bond acceptors (Lipinski definition) is 7. The number of aliphatic carboxylic acids is 1. The first kappa shape index (κ1) is 25.1. The number of aromatic amines is 1. The van der Waals surface area contributed by atoms with Gasteiger partial charge in [-0.15, -0.1) is 0 Å². The fraction of sp³-hybridized carbons (Fsp3) is 0.286. The summed E-state index contributed by atoms with van der Waals surface area (Å²) >= 11 is 0. The van der Waals surface area contributed by atoms with Gasteiger partial charge in [0.1, 0.15) is 11.4 Å². The Kier molecular flexibility index (Phi) is 7.12. The Morgan fingerprint density at radius 2 is 1.76 bits per heavy atom. The van der Waals surface area contributed by atoms with E-state index >= 15 is 0 Å². The van der Waals surface area contributed by atoms with Gasteiger partial charge in [0.15, 0.2) is 5.82 Å². The van der Waals surface area contributed by atoms with Crippen molar-refractivity contribution in [1.82, 2.24) is 24.8 Å². The third-order valence-electron chi connectivity index (χ3n) is 6.72. The number of aromatic nitrogens is 4. The van der Waals surface area contributed by atoms with Crippen LogP contribution in [0.3, 0.4) is 0 Å². The Bertz CT molecular complexity index is 1440. The molecule has 1 saturated heterocycles. The molecule has 1 aliphatic heterocycles. The first-order valence-corrected chi connectivity index (χ1v) is 12.5. The number of amides is 1. The summed E-state index contributed by atoms with van der Waals surface area (Å²) in [5.41, 5.74) is 2.72. The zero-order valence-electron chi connectivity index (χ0n) is 20.8. The van der Waals surface area contributed by atoms with Gasteiger partial charge in [-0.3, -0.25) is 19.4 Å². The number of carbonyl (C=O) groups excluding carboxylic acids is 2. The molecule has 10 heteroatoms. The predicted octanol–water partition coefficient (Wildman–Crippen LogP) is 4.19. The largest absolute Gasteiger partial charge is 0.481 e. The van der Waals surface area contributed by atoms with Gasteiger partial charge >= 0.3 is 5.97 Å². The lowest BCUT2D eigenvalue weighted by Crippen LogP contribution is -2.41. The number of carboxylic acid groups (broad SMARTS) is 1. The minimum absolute atomic E-state index is 0.0477. The van der Waals surface area contributed by atoms with Crippen molar-refractivity contribution in [1.29, 1.82) is 0 Å². The second-order valence-electron chi connectivity index (χ2n) is 9.40. The van der Waals surface area contributed by atoms with E-state index in [-0.39, 0.29) is 29.9 Å². The van der Waals surface area contributed by atoms with Crippen molar-refractivity contribution in [3.05, 3.63) is 78.0 Å². The first-order valence-electron chi connectivity index (χ1n) is 12.5. The molecule has 1 aliphatic rings. The summed E-state index contributed by atoms with van der Waals surface area (Å²) in [6, 6.07) is 14.3. The summed E-state index contributed by atoms with van der Waals surface area (Å²) in [6.07, 6.45) is 4.34. The number of ketones is 1. The van der Waals surface area contributed by atoms with Gasteiger partial charge in [-0.1, -0.05) is 19.1 Å². The zero-order chi connectivity index (χ0) is 26.6. The summed E-state index contributed by atoms with van der Waals surface area (Å²) in [5.74, 6) is -0.665. The maximum Gasteiger partial charge on any atom is 0.304 e. The summed E-state index contributed by atoms with van der Waals surface area (Å²) in [7, 11) is 0. The highest BCUT2D eigenvalue weighted by Crippen LogP contribution is 2.34. The second-order valence-corrected chi connectivity index (χ2v) is 9.40. The molecule has 1 unspecified atom stereocenters. The van der Waals surface area contributed by atoms with Crippen LogP contribution in [-0.4, -0.2) is 60.7 Å². The van der Waals surface area contributed by atoms with Gasteiger partial charge in [0.25, 0.3) is 0 Å². The Hall–Kier alpha value is -4.60. The number of imidazole rings is 1. The number of fused-ring (bicyclic) bond motifs is 1. The Labute approximate surface area is 218 Å². The highest BCUT2D eigenvalue weighted by Gasteiger charge is 2.30. The topological polar surface area (TPSA) is 138 Å². The van der Waals surface area contributed by atoms with E-state index in [4.69, 9.17) is 9.84 Å². The van der Waals surface area contributed by atoms with Crippen LogP contribution >= 0.6 is 0 Å². The smallest absolute Gasteiger partial charge is 0.304 e. The summed E-state index contributed by atoms with van der Waals surface area (Å²) in [4.78, 5) is 54.5. The molecule has 0 saturated carbocycles. The molecular weight excluding hydrogens is 486 g/mol. The molecule has 0 bridgehead atoms. The van der Waals surface area contributed by atoms with Crippen LogP contribution in [0.4, 0.5) is 0 Å². The molecule has 38 heavy (non-hydrogen) atoms. The van der Waals surface area contributed by atoms with E-state index in [1.165, 1.54) is 0 Å². The van der Waals surface area contributed by atoms with Gasteiger partial charge in [-0.25, -0.2) is 9.97 Å². The minimum atomic E-state index is -0.978. The van der Waals surface area contributed by atoms with Gasteiger partial charge in [-0.05, 0) is 49.2 Å². The number of hydrogen-bond donors (Lipinski definition) is 2. The highest BCUT2D eigenvalue weighted by atomic mass is 16.5. The summed E-state index contributed by atoms with van der Waals surface area (Å²) in [6.45, 7) is 2.68. The number of ether oxygens (including phenoxy) is 1. The van der Waals surface area contributed by atoms with Crippen molar-refractivity contribution in [2.45, 2.75) is 32.1 Å². The van der Waals surface area contributed by atoms with Crippen molar-refractivity contribution < 1.29 is 24.2 Å². The molecule has 0 aliphatic carbocycles. The maximum atomic E-state index is 12.9. The predicted molar refractivity (Wildman–Crippen MR) is 138 cm³/mol. The molecular formula is C28H27N5O5. The first-order chi connectivity index (χ1) is 18.4. The molecule has 10 nitrogen and oxygen atoms in total. The van der Waals surface area contributed by atoms with Crippen LogP contribution in [0.2, 0.25) is 0 Å². The second kappa shape index (κ2) is 10.8. The van der Waals surface area contributed by atoms with E-state index in [1.807, 2.05) is 24.3 Å². The molecule has 5 rings (SSSR count). The Morgan fingerprint density at radius 3 is 2.47 bits per heavy atom. The minimum Gasteiger partial charge on any atom is -0.481 e.